The molecular formula is C17H20N4O5S. The van der Waals surface area contributed by atoms with Gasteiger partial charge in [-0.05, 0) is 31.0 Å². The van der Waals surface area contributed by atoms with Gasteiger partial charge in [0.05, 0.1) is 18.1 Å². The third-order valence-electron chi connectivity index (χ3n) is 3.64. The van der Waals surface area contributed by atoms with Crippen LogP contribution in [-0.4, -0.2) is 41.4 Å². The molecule has 1 aromatic carbocycles. The minimum atomic E-state index is -3.50. The molecule has 0 radical (unpaired) electrons. The molecule has 144 valence electrons. The molecule has 9 nitrogen and oxygen atoms in total. The number of carboxylic acids is 1. The predicted octanol–water partition coefficient (Wildman–Crippen LogP) is 1.64. The van der Waals surface area contributed by atoms with Crippen LogP contribution in [0.15, 0.2) is 36.7 Å². The second kappa shape index (κ2) is 8.69. The Morgan fingerprint density at radius 3 is 2.44 bits per heavy atom. The van der Waals surface area contributed by atoms with Crippen molar-refractivity contribution in [2.45, 2.75) is 32.1 Å². The quantitative estimate of drug-likeness (QED) is 0.621. The Hall–Kier alpha value is -2.85. The Morgan fingerprint density at radius 1 is 1.19 bits per heavy atom. The molecule has 0 spiro atoms. The summed E-state index contributed by atoms with van der Waals surface area (Å²) >= 11 is 0. The van der Waals surface area contributed by atoms with Crippen molar-refractivity contribution in [3.63, 3.8) is 0 Å². The highest BCUT2D eigenvalue weighted by Gasteiger charge is 2.15. The lowest BCUT2D eigenvalue weighted by Gasteiger charge is -2.12. The summed E-state index contributed by atoms with van der Waals surface area (Å²) < 4.78 is 26.9. The lowest BCUT2D eigenvalue weighted by atomic mass is 10.2. The van der Waals surface area contributed by atoms with Crippen LogP contribution in [0.4, 0.5) is 5.69 Å². The molecule has 27 heavy (non-hydrogen) atoms. The van der Waals surface area contributed by atoms with E-state index in [0.29, 0.717) is 17.7 Å². The van der Waals surface area contributed by atoms with Crippen LogP contribution in [0.1, 0.15) is 46.8 Å². The van der Waals surface area contributed by atoms with Crippen LogP contribution in [0.2, 0.25) is 0 Å². The topological polar surface area (TPSA) is 138 Å². The van der Waals surface area contributed by atoms with Crippen LogP contribution in [0.5, 0.6) is 0 Å². The minimum Gasteiger partial charge on any atom is -0.476 e. The number of anilines is 1. The molecule has 0 aliphatic carbocycles. The zero-order chi connectivity index (χ0) is 20.0. The lowest BCUT2D eigenvalue weighted by Crippen LogP contribution is -2.32. The fraction of sp³-hybridized carbons (Fsp3) is 0.294. The van der Waals surface area contributed by atoms with Crippen LogP contribution >= 0.6 is 0 Å². The Balaban J connectivity index is 2.08. The van der Waals surface area contributed by atoms with E-state index in [-0.39, 0.29) is 23.2 Å². The molecular weight excluding hydrogens is 372 g/mol. The van der Waals surface area contributed by atoms with Gasteiger partial charge in [-0.25, -0.2) is 27.9 Å². The number of nitrogens with one attached hydrogen (secondary N) is 2. The fourth-order valence-corrected chi connectivity index (χ4v) is 3.62. The van der Waals surface area contributed by atoms with Crippen molar-refractivity contribution in [2.24, 2.45) is 0 Å². The highest BCUT2D eigenvalue weighted by Crippen LogP contribution is 2.14. The Morgan fingerprint density at radius 2 is 1.85 bits per heavy atom. The molecule has 2 aromatic rings. The van der Waals surface area contributed by atoms with Crippen LogP contribution in [-0.2, 0) is 15.8 Å². The van der Waals surface area contributed by atoms with Gasteiger partial charge in [-0.2, -0.15) is 0 Å². The SMILES string of the molecule is CCC(C)NS(=O)(=O)Cc1cccc(NC(=O)c2cnc(C(=O)O)cn2)c1. The van der Waals surface area contributed by atoms with E-state index in [4.69, 9.17) is 5.11 Å². The van der Waals surface area contributed by atoms with Crippen molar-refractivity contribution in [3.8, 4) is 0 Å². The number of carbonyl (C=O) groups is 2. The average molecular weight is 392 g/mol. The first-order valence-electron chi connectivity index (χ1n) is 8.16. The minimum absolute atomic E-state index is 0.0588. The number of hydrogen-bond acceptors (Lipinski definition) is 6. The molecule has 2 rings (SSSR count). The fourth-order valence-electron chi connectivity index (χ4n) is 2.14. The Labute approximate surface area is 156 Å². The largest absolute Gasteiger partial charge is 0.476 e. The van der Waals surface area contributed by atoms with E-state index >= 15 is 0 Å². The summed E-state index contributed by atoms with van der Waals surface area (Å²) in [4.78, 5) is 30.3. The normalized spacial score (nSPS) is 12.4. The van der Waals surface area contributed by atoms with Crippen molar-refractivity contribution in [1.29, 1.82) is 0 Å². The Bertz CT molecular complexity index is 929. The van der Waals surface area contributed by atoms with Crippen LogP contribution in [0.3, 0.4) is 0 Å². The van der Waals surface area contributed by atoms with Gasteiger partial charge in [-0.3, -0.25) is 4.79 Å². The van der Waals surface area contributed by atoms with Gasteiger partial charge in [0.25, 0.3) is 5.91 Å². The highest BCUT2D eigenvalue weighted by atomic mass is 32.2. The van der Waals surface area contributed by atoms with Gasteiger partial charge >= 0.3 is 5.97 Å². The monoisotopic (exact) mass is 392 g/mol. The molecule has 1 unspecified atom stereocenters. The first-order valence-corrected chi connectivity index (χ1v) is 9.81. The lowest BCUT2D eigenvalue weighted by molar-refractivity contribution is 0.0689. The number of nitrogens with zero attached hydrogens (tertiary/aromatic N) is 2. The van der Waals surface area contributed by atoms with E-state index in [2.05, 4.69) is 20.0 Å². The third-order valence-corrected chi connectivity index (χ3v) is 5.11. The summed E-state index contributed by atoms with van der Waals surface area (Å²) in [5, 5.41) is 11.4. The molecule has 1 heterocycles. The summed E-state index contributed by atoms with van der Waals surface area (Å²) in [6, 6.07) is 6.27. The van der Waals surface area contributed by atoms with Gasteiger partial charge in [0.15, 0.2) is 5.69 Å². The molecule has 10 heteroatoms. The summed E-state index contributed by atoms with van der Waals surface area (Å²) in [5.74, 6) is -2.04. The summed E-state index contributed by atoms with van der Waals surface area (Å²) in [5.41, 5.74) is 0.570. The van der Waals surface area contributed by atoms with E-state index in [1.807, 2.05) is 6.92 Å². The van der Waals surface area contributed by atoms with Gasteiger partial charge in [-0.15, -0.1) is 0 Å². The molecule has 1 aromatic heterocycles. The smallest absolute Gasteiger partial charge is 0.356 e. The van der Waals surface area contributed by atoms with Gasteiger partial charge < -0.3 is 10.4 Å². The zero-order valence-corrected chi connectivity index (χ0v) is 15.7. The van der Waals surface area contributed by atoms with E-state index in [1.165, 1.54) is 0 Å². The van der Waals surface area contributed by atoms with Crippen molar-refractivity contribution in [1.82, 2.24) is 14.7 Å². The number of aromatic carboxylic acids is 1. The maximum atomic E-state index is 12.2. The van der Waals surface area contributed by atoms with Gasteiger partial charge in [0.2, 0.25) is 10.0 Å². The summed E-state index contributed by atoms with van der Waals surface area (Å²) in [6.45, 7) is 3.67. The Kier molecular flexibility index (Phi) is 6.59. The third kappa shape index (κ3) is 6.12. The van der Waals surface area contributed by atoms with E-state index in [9.17, 15) is 18.0 Å². The predicted molar refractivity (Wildman–Crippen MR) is 98.9 cm³/mol. The van der Waals surface area contributed by atoms with E-state index in [1.54, 1.807) is 31.2 Å². The average Bonchev–Trinajstić information content (AvgIpc) is 2.61. The van der Waals surface area contributed by atoms with Crippen molar-refractivity contribution >= 4 is 27.6 Å². The van der Waals surface area contributed by atoms with Crippen LogP contribution < -0.4 is 10.0 Å². The van der Waals surface area contributed by atoms with Crippen LogP contribution in [0.25, 0.3) is 0 Å². The van der Waals surface area contributed by atoms with Gasteiger partial charge in [-0.1, -0.05) is 19.1 Å². The first-order chi connectivity index (χ1) is 12.7. The van der Waals surface area contributed by atoms with Gasteiger partial charge in [0, 0.05) is 11.7 Å². The van der Waals surface area contributed by atoms with E-state index in [0.717, 1.165) is 12.4 Å². The molecule has 3 N–H and O–H groups in total. The maximum Gasteiger partial charge on any atom is 0.356 e. The number of sulfonamides is 1. The first kappa shape index (κ1) is 20.5. The number of carboxylic acid groups (broad SMARTS) is 1. The second-order valence-electron chi connectivity index (χ2n) is 5.93. The van der Waals surface area contributed by atoms with Crippen molar-refractivity contribution in [3.05, 3.63) is 53.6 Å². The number of carbonyl (C=O) groups excluding carboxylic acids is 1. The second-order valence-corrected chi connectivity index (χ2v) is 7.69. The molecule has 0 fully saturated rings. The molecule has 0 aliphatic rings. The molecule has 0 saturated carbocycles. The number of hydrogen-bond donors (Lipinski definition) is 3. The highest BCUT2D eigenvalue weighted by molar-refractivity contribution is 7.88. The van der Waals surface area contributed by atoms with Gasteiger partial charge in [0.1, 0.15) is 5.69 Å². The standard InChI is InChI=1S/C17H20N4O5S/c1-3-11(2)21-27(25,26)10-12-5-4-6-13(7-12)20-16(22)14-8-19-15(9-18-14)17(23)24/h4-9,11,21H,3,10H2,1-2H3,(H,20,22)(H,23,24). The molecule has 0 bridgehead atoms. The number of amides is 1. The van der Waals surface area contributed by atoms with Crippen molar-refractivity contribution in [2.75, 3.05) is 5.32 Å². The zero-order valence-electron chi connectivity index (χ0n) is 14.8. The summed E-state index contributed by atoms with van der Waals surface area (Å²) in [6.07, 6.45) is 2.72. The summed E-state index contributed by atoms with van der Waals surface area (Å²) in [7, 11) is -3.50. The van der Waals surface area contributed by atoms with Crippen LogP contribution in [0, 0.1) is 0 Å². The maximum absolute atomic E-state index is 12.2. The molecule has 1 atom stereocenters. The number of benzene rings is 1. The molecule has 0 saturated heterocycles. The molecule has 1 amide bonds. The molecule has 0 aliphatic heterocycles. The number of rotatable bonds is 8. The van der Waals surface area contributed by atoms with E-state index < -0.39 is 21.9 Å². The number of aromatic nitrogens is 2. The van der Waals surface area contributed by atoms with Crippen molar-refractivity contribution < 1.29 is 23.1 Å².